The van der Waals surface area contributed by atoms with Crippen molar-refractivity contribution < 1.29 is 4.79 Å². The van der Waals surface area contributed by atoms with E-state index in [-0.39, 0.29) is 5.91 Å². The maximum absolute atomic E-state index is 12.6. The summed E-state index contributed by atoms with van der Waals surface area (Å²) in [4.78, 5) is 16.9. The number of carbonyl (C=O) groups is 1. The van der Waals surface area contributed by atoms with E-state index >= 15 is 0 Å². The minimum Gasteiger partial charge on any atom is -0.368 e. The van der Waals surface area contributed by atoms with Crippen LogP contribution in [0.1, 0.15) is 16.7 Å². The van der Waals surface area contributed by atoms with Crippen LogP contribution in [0.2, 0.25) is 5.02 Å². The van der Waals surface area contributed by atoms with Crippen LogP contribution in [0.3, 0.4) is 0 Å². The van der Waals surface area contributed by atoms with Crippen molar-refractivity contribution in [1.29, 1.82) is 0 Å². The Bertz CT molecular complexity index is 736. The summed E-state index contributed by atoms with van der Waals surface area (Å²) in [5.74, 6) is 0.219. The summed E-state index contributed by atoms with van der Waals surface area (Å²) in [6.07, 6.45) is 0.493. The standard InChI is InChI=1S/C20H23ClN2O/c1-15-5-3-4-6-17(15)14-20(24)23-11-9-22(10-12-23)19-8-7-18(21)13-16(19)2/h3-8,13H,9-12,14H2,1-2H3. The lowest BCUT2D eigenvalue weighted by Crippen LogP contribution is -2.49. The van der Waals surface area contributed by atoms with Crippen molar-refractivity contribution in [3.8, 4) is 0 Å². The highest BCUT2D eigenvalue weighted by Gasteiger charge is 2.22. The van der Waals surface area contributed by atoms with E-state index in [2.05, 4.69) is 30.9 Å². The zero-order valence-corrected chi connectivity index (χ0v) is 15.0. The molecule has 0 radical (unpaired) electrons. The molecule has 1 saturated heterocycles. The van der Waals surface area contributed by atoms with Gasteiger partial charge in [0, 0.05) is 36.9 Å². The van der Waals surface area contributed by atoms with Gasteiger partial charge in [0.2, 0.25) is 5.91 Å². The van der Waals surface area contributed by atoms with Crippen molar-refractivity contribution in [2.45, 2.75) is 20.3 Å². The molecule has 2 aromatic rings. The first-order valence-electron chi connectivity index (χ1n) is 8.38. The third-order valence-electron chi connectivity index (χ3n) is 4.73. The van der Waals surface area contributed by atoms with Crippen molar-refractivity contribution >= 4 is 23.2 Å². The second kappa shape index (κ2) is 7.27. The van der Waals surface area contributed by atoms with E-state index < -0.39 is 0 Å². The molecule has 3 nitrogen and oxygen atoms in total. The quantitative estimate of drug-likeness (QED) is 0.846. The molecule has 1 fully saturated rings. The van der Waals surface area contributed by atoms with E-state index in [1.807, 2.05) is 35.2 Å². The largest absolute Gasteiger partial charge is 0.368 e. The number of hydrogen-bond acceptors (Lipinski definition) is 2. The van der Waals surface area contributed by atoms with Crippen LogP contribution >= 0.6 is 11.6 Å². The minimum absolute atomic E-state index is 0.219. The SMILES string of the molecule is Cc1ccccc1CC(=O)N1CCN(c2ccc(Cl)cc2C)CC1. The molecule has 1 heterocycles. The molecule has 0 N–H and O–H groups in total. The number of rotatable bonds is 3. The second-order valence-corrected chi connectivity index (χ2v) is 6.84. The molecule has 0 unspecified atom stereocenters. The molecule has 4 heteroatoms. The maximum atomic E-state index is 12.6. The number of halogens is 1. The first kappa shape index (κ1) is 16.8. The predicted octanol–water partition coefficient (Wildman–Crippen LogP) is 3.85. The number of amides is 1. The summed E-state index contributed by atoms with van der Waals surface area (Å²) in [6, 6.07) is 14.1. The highest BCUT2D eigenvalue weighted by molar-refractivity contribution is 6.30. The molecular formula is C20H23ClN2O. The molecule has 1 amide bonds. The monoisotopic (exact) mass is 342 g/mol. The van der Waals surface area contributed by atoms with E-state index in [9.17, 15) is 4.79 Å². The van der Waals surface area contributed by atoms with Crippen molar-refractivity contribution in [1.82, 2.24) is 4.90 Å². The summed E-state index contributed by atoms with van der Waals surface area (Å²) in [5.41, 5.74) is 4.70. The van der Waals surface area contributed by atoms with Crippen molar-refractivity contribution in [3.63, 3.8) is 0 Å². The number of nitrogens with zero attached hydrogens (tertiary/aromatic N) is 2. The number of aryl methyl sites for hydroxylation is 2. The Hall–Kier alpha value is -2.00. The van der Waals surface area contributed by atoms with Crippen LogP contribution in [0, 0.1) is 13.8 Å². The fourth-order valence-electron chi connectivity index (χ4n) is 3.25. The van der Waals surface area contributed by atoms with Crippen molar-refractivity contribution in [3.05, 3.63) is 64.2 Å². The van der Waals surface area contributed by atoms with Gasteiger partial charge in [0.1, 0.15) is 0 Å². The number of anilines is 1. The lowest BCUT2D eigenvalue weighted by atomic mass is 10.0. The molecule has 3 rings (SSSR count). The first-order chi connectivity index (χ1) is 11.5. The maximum Gasteiger partial charge on any atom is 0.227 e. The van der Waals surface area contributed by atoms with Gasteiger partial charge in [-0.15, -0.1) is 0 Å². The molecule has 1 aliphatic rings. The normalized spacial score (nSPS) is 14.8. The lowest BCUT2D eigenvalue weighted by molar-refractivity contribution is -0.130. The summed E-state index contributed by atoms with van der Waals surface area (Å²) < 4.78 is 0. The summed E-state index contributed by atoms with van der Waals surface area (Å²) in [7, 11) is 0. The van der Waals surface area contributed by atoms with Gasteiger partial charge >= 0.3 is 0 Å². The van der Waals surface area contributed by atoms with Gasteiger partial charge in [0.05, 0.1) is 6.42 Å². The number of piperazine rings is 1. The molecule has 2 aromatic carbocycles. The Labute approximate surface area is 148 Å². The summed E-state index contributed by atoms with van der Waals surface area (Å²) in [5, 5.41) is 0.767. The van der Waals surface area contributed by atoms with Gasteiger partial charge < -0.3 is 9.80 Å². The fourth-order valence-corrected chi connectivity index (χ4v) is 3.48. The lowest BCUT2D eigenvalue weighted by Gasteiger charge is -2.37. The van der Waals surface area contributed by atoms with Gasteiger partial charge in [-0.05, 0) is 48.7 Å². The summed E-state index contributed by atoms with van der Waals surface area (Å²) >= 11 is 6.04. The Morgan fingerprint density at radius 1 is 1.00 bits per heavy atom. The molecular weight excluding hydrogens is 320 g/mol. The molecule has 0 saturated carbocycles. The Morgan fingerprint density at radius 2 is 1.71 bits per heavy atom. The average molecular weight is 343 g/mol. The van der Waals surface area contributed by atoms with Crippen LogP contribution in [-0.4, -0.2) is 37.0 Å². The number of hydrogen-bond donors (Lipinski definition) is 0. The zero-order chi connectivity index (χ0) is 17.1. The average Bonchev–Trinajstić information content (AvgIpc) is 2.57. The predicted molar refractivity (Wildman–Crippen MR) is 99.9 cm³/mol. The summed E-state index contributed by atoms with van der Waals surface area (Å²) in [6.45, 7) is 7.41. The van der Waals surface area contributed by atoms with Gasteiger partial charge in [-0.3, -0.25) is 4.79 Å². The van der Waals surface area contributed by atoms with Crippen LogP contribution in [0.4, 0.5) is 5.69 Å². The van der Waals surface area contributed by atoms with Crippen LogP contribution < -0.4 is 4.90 Å². The highest BCUT2D eigenvalue weighted by Crippen LogP contribution is 2.24. The van der Waals surface area contributed by atoms with E-state index in [0.29, 0.717) is 6.42 Å². The van der Waals surface area contributed by atoms with Crippen molar-refractivity contribution in [2.24, 2.45) is 0 Å². The van der Waals surface area contributed by atoms with E-state index in [4.69, 9.17) is 11.6 Å². The molecule has 1 aliphatic heterocycles. The molecule has 24 heavy (non-hydrogen) atoms. The zero-order valence-electron chi connectivity index (χ0n) is 14.3. The van der Waals surface area contributed by atoms with Crippen LogP contribution in [0.5, 0.6) is 0 Å². The fraction of sp³-hybridized carbons (Fsp3) is 0.350. The molecule has 126 valence electrons. The van der Waals surface area contributed by atoms with Crippen LogP contribution in [0.25, 0.3) is 0 Å². The van der Waals surface area contributed by atoms with Gasteiger partial charge in [-0.1, -0.05) is 35.9 Å². The highest BCUT2D eigenvalue weighted by atomic mass is 35.5. The van der Waals surface area contributed by atoms with Gasteiger partial charge in [-0.25, -0.2) is 0 Å². The van der Waals surface area contributed by atoms with Crippen molar-refractivity contribution in [2.75, 3.05) is 31.1 Å². The smallest absolute Gasteiger partial charge is 0.227 e. The Morgan fingerprint density at radius 3 is 2.38 bits per heavy atom. The Kier molecular flexibility index (Phi) is 5.10. The minimum atomic E-state index is 0.219. The van der Waals surface area contributed by atoms with E-state index in [1.54, 1.807) is 0 Å². The number of carbonyl (C=O) groups excluding carboxylic acids is 1. The van der Waals surface area contributed by atoms with Gasteiger partial charge in [-0.2, -0.15) is 0 Å². The molecule has 0 aromatic heterocycles. The van der Waals surface area contributed by atoms with Crippen LogP contribution in [0.15, 0.2) is 42.5 Å². The number of benzene rings is 2. The van der Waals surface area contributed by atoms with Gasteiger partial charge in [0.25, 0.3) is 0 Å². The molecule has 0 atom stereocenters. The molecule has 0 bridgehead atoms. The van der Waals surface area contributed by atoms with Crippen LogP contribution in [-0.2, 0) is 11.2 Å². The molecule has 0 spiro atoms. The molecule has 0 aliphatic carbocycles. The third-order valence-corrected chi connectivity index (χ3v) is 4.97. The third kappa shape index (κ3) is 3.73. The van der Waals surface area contributed by atoms with E-state index in [0.717, 1.165) is 36.8 Å². The Balaban J connectivity index is 1.60. The first-order valence-corrected chi connectivity index (χ1v) is 8.76. The van der Waals surface area contributed by atoms with E-state index in [1.165, 1.54) is 16.8 Å². The van der Waals surface area contributed by atoms with Gasteiger partial charge in [0.15, 0.2) is 0 Å². The second-order valence-electron chi connectivity index (χ2n) is 6.40. The topological polar surface area (TPSA) is 23.6 Å².